The normalized spacial score (nSPS) is 14.6. The van der Waals surface area contributed by atoms with Crippen molar-refractivity contribution in [3.05, 3.63) is 59.2 Å². The number of anilines is 3. The summed E-state index contributed by atoms with van der Waals surface area (Å²) in [6.45, 7) is 3.70. The Labute approximate surface area is 167 Å². The lowest BCUT2D eigenvalue weighted by molar-refractivity contribution is -0.384. The van der Waals surface area contributed by atoms with Crippen molar-refractivity contribution < 1.29 is 4.92 Å². The first kappa shape index (κ1) is 18.7. The summed E-state index contributed by atoms with van der Waals surface area (Å²) in [5, 5.41) is 14.4. The Balaban J connectivity index is 1.67. The number of nitro groups is 1. The van der Waals surface area contributed by atoms with E-state index >= 15 is 0 Å². The lowest BCUT2D eigenvalue weighted by Crippen LogP contribution is -2.44. The number of aromatic nitrogens is 4. The van der Waals surface area contributed by atoms with Crippen LogP contribution >= 0.6 is 0 Å². The van der Waals surface area contributed by atoms with Gasteiger partial charge in [-0.1, -0.05) is 0 Å². The molecule has 4 heterocycles. The number of likely N-dealkylation sites (N-methyl/N-ethyl adjacent to an activating group) is 1. The van der Waals surface area contributed by atoms with Gasteiger partial charge in [0, 0.05) is 56.4 Å². The summed E-state index contributed by atoms with van der Waals surface area (Å²) in [7, 11) is 2.10. The first-order valence-electron chi connectivity index (χ1n) is 9.18. The van der Waals surface area contributed by atoms with Crippen molar-refractivity contribution in [2.24, 2.45) is 0 Å². The molecule has 0 radical (unpaired) electrons. The summed E-state index contributed by atoms with van der Waals surface area (Å²) in [6, 6.07) is 6.56. The van der Waals surface area contributed by atoms with E-state index in [0.29, 0.717) is 17.3 Å². The molecule has 1 saturated heterocycles. The van der Waals surface area contributed by atoms with E-state index in [1.54, 1.807) is 18.5 Å². The minimum Gasteiger partial charge on any atom is -0.354 e. The summed E-state index contributed by atoms with van der Waals surface area (Å²) < 4.78 is 0. The van der Waals surface area contributed by atoms with Crippen LogP contribution in [0.2, 0.25) is 0 Å². The highest BCUT2D eigenvalue weighted by Gasteiger charge is 2.17. The smallest absolute Gasteiger partial charge is 0.275 e. The third-order valence-electron chi connectivity index (χ3n) is 4.71. The van der Waals surface area contributed by atoms with Crippen LogP contribution in [-0.2, 0) is 0 Å². The van der Waals surface area contributed by atoms with Gasteiger partial charge < -0.3 is 15.1 Å². The standard InChI is InChI=1S/C19H20N8O2/c1-25-6-8-26(9-7-25)19-10-14(2-3-22-19)16-11-15(27(28)29)12-17(23-16)24-18-13-20-4-5-21-18/h2-5,10-13H,6-9H2,1H3,(H,21,23,24). The van der Waals surface area contributed by atoms with Gasteiger partial charge >= 0.3 is 0 Å². The van der Waals surface area contributed by atoms with E-state index in [4.69, 9.17) is 0 Å². The molecule has 3 aromatic heterocycles. The number of rotatable bonds is 5. The van der Waals surface area contributed by atoms with Gasteiger partial charge in [-0.2, -0.15) is 0 Å². The van der Waals surface area contributed by atoms with Crippen LogP contribution in [0.4, 0.5) is 23.1 Å². The number of pyridine rings is 2. The number of nitrogens with zero attached hydrogens (tertiary/aromatic N) is 7. The van der Waals surface area contributed by atoms with Crippen molar-refractivity contribution in [1.82, 2.24) is 24.8 Å². The van der Waals surface area contributed by atoms with Crippen LogP contribution in [0.3, 0.4) is 0 Å². The molecule has 3 aromatic rings. The summed E-state index contributed by atoms with van der Waals surface area (Å²) in [5.41, 5.74) is 1.20. The van der Waals surface area contributed by atoms with E-state index in [1.807, 2.05) is 6.07 Å². The lowest BCUT2D eigenvalue weighted by Gasteiger charge is -2.33. The Morgan fingerprint density at radius 1 is 1.03 bits per heavy atom. The molecule has 1 aliphatic rings. The number of piperazine rings is 1. The molecule has 1 fully saturated rings. The van der Waals surface area contributed by atoms with Crippen molar-refractivity contribution >= 4 is 23.1 Å². The Bertz CT molecular complexity index is 1010. The minimum atomic E-state index is -0.435. The van der Waals surface area contributed by atoms with Gasteiger partial charge in [0.2, 0.25) is 0 Å². The Morgan fingerprint density at radius 2 is 1.86 bits per heavy atom. The molecule has 0 amide bonds. The topological polar surface area (TPSA) is 113 Å². The van der Waals surface area contributed by atoms with Crippen LogP contribution in [0, 0.1) is 10.1 Å². The van der Waals surface area contributed by atoms with Crippen LogP contribution in [0.1, 0.15) is 0 Å². The van der Waals surface area contributed by atoms with Gasteiger partial charge in [0.15, 0.2) is 0 Å². The molecule has 1 N–H and O–H groups in total. The number of hydrogen-bond acceptors (Lipinski definition) is 9. The van der Waals surface area contributed by atoms with Gasteiger partial charge in [0.1, 0.15) is 17.5 Å². The zero-order valence-corrected chi connectivity index (χ0v) is 15.9. The first-order chi connectivity index (χ1) is 14.1. The van der Waals surface area contributed by atoms with Gasteiger partial charge in [-0.15, -0.1) is 0 Å². The molecule has 4 rings (SSSR count). The molecular weight excluding hydrogens is 372 g/mol. The molecule has 1 aliphatic heterocycles. The molecule has 29 heavy (non-hydrogen) atoms. The Hall–Kier alpha value is -3.66. The molecule has 148 valence electrons. The predicted molar refractivity (Wildman–Crippen MR) is 109 cm³/mol. The second-order valence-electron chi connectivity index (χ2n) is 6.76. The van der Waals surface area contributed by atoms with Gasteiger partial charge in [0.05, 0.1) is 22.9 Å². The molecule has 0 saturated carbocycles. The Morgan fingerprint density at radius 3 is 2.59 bits per heavy atom. The largest absolute Gasteiger partial charge is 0.354 e. The van der Waals surface area contributed by atoms with Gasteiger partial charge in [-0.3, -0.25) is 15.1 Å². The van der Waals surface area contributed by atoms with Crippen LogP contribution in [-0.4, -0.2) is 63.0 Å². The van der Waals surface area contributed by atoms with Crippen molar-refractivity contribution in [3.8, 4) is 11.3 Å². The lowest BCUT2D eigenvalue weighted by atomic mass is 10.1. The molecule has 10 heteroatoms. The fraction of sp³-hybridized carbons (Fsp3) is 0.263. The average Bonchev–Trinajstić information content (AvgIpc) is 2.75. The molecular formula is C19H20N8O2. The molecule has 0 aliphatic carbocycles. The van der Waals surface area contributed by atoms with Crippen molar-refractivity contribution in [1.29, 1.82) is 0 Å². The number of nitrogens with one attached hydrogen (secondary N) is 1. The van der Waals surface area contributed by atoms with Crippen molar-refractivity contribution in [3.63, 3.8) is 0 Å². The molecule has 0 bridgehead atoms. The fourth-order valence-electron chi connectivity index (χ4n) is 3.11. The summed E-state index contributed by atoms with van der Waals surface area (Å²) in [6.07, 6.45) is 6.32. The third kappa shape index (κ3) is 4.43. The molecule has 0 unspecified atom stereocenters. The highest BCUT2D eigenvalue weighted by molar-refractivity contribution is 5.69. The summed E-state index contributed by atoms with van der Waals surface area (Å²) in [5.74, 6) is 1.62. The minimum absolute atomic E-state index is 0.0562. The van der Waals surface area contributed by atoms with E-state index in [9.17, 15) is 10.1 Å². The van der Waals surface area contributed by atoms with Crippen LogP contribution in [0.5, 0.6) is 0 Å². The summed E-state index contributed by atoms with van der Waals surface area (Å²) >= 11 is 0. The second kappa shape index (κ2) is 8.15. The molecule has 10 nitrogen and oxygen atoms in total. The van der Waals surface area contributed by atoms with Crippen LogP contribution in [0.25, 0.3) is 11.3 Å². The van der Waals surface area contributed by atoms with E-state index in [2.05, 4.69) is 42.1 Å². The predicted octanol–water partition coefficient (Wildman–Crippen LogP) is 2.34. The fourth-order valence-corrected chi connectivity index (χ4v) is 3.11. The maximum atomic E-state index is 11.4. The third-order valence-corrected chi connectivity index (χ3v) is 4.71. The second-order valence-corrected chi connectivity index (χ2v) is 6.76. The highest BCUT2D eigenvalue weighted by Crippen LogP contribution is 2.28. The first-order valence-corrected chi connectivity index (χ1v) is 9.18. The van der Waals surface area contributed by atoms with Gasteiger partial charge in [-0.05, 0) is 19.2 Å². The van der Waals surface area contributed by atoms with E-state index in [0.717, 1.165) is 37.6 Å². The van der Waals surface area contributed by atoms with E-state index in [-0.39, 0.29) is 5.69 Å². The summed E-state index contributed by atoms with van der Waals surface area (Å²) in [4.78, 5) is 32.6. The van der Waals surface area contributed by atoms with Crippen molar-refractivity contribution in [2.75, 3.05) is 43.4 Å². The van der Waals surface area contributed by atoms with Gasteiger partial charge in [0.25, 0.3) is 5.69 Å². The monoisotopic (exact) mass is 392 g/mol. The highest BCUT2D eigenvalue weighted by atomic mass is 16.6. The van der Waals surface area contributed by atoms with E-state index < -0.39 is 4.92 Å². The zero-order valence-electron chi connectivity index (χ0n) is 15.9. The maximum Gasteiger partial charge on any atom is 0.275 e. The SMILES string of the molecule is CN1CCN(c2cc(-c3cc([N+](=O)[O-])cc(Nc4cnccn4)n3)ccn2)CC1. The van der Waals surface area contributed by atoms with Crippen LogP contribution < -0.4 is 10.2 Å². The number of hydrogen-bond donors (Lipinski definition) is 1. The zero-order chi connectivity index (χ0) is 20.2. The van der Waals surface area contributed by atoms with E-state index in [1.165, 1.54) is 24.5 Å². The molecule has 0 atom stereocenters. The maximum absolute atomic E-state index is 11.4. The molecule has 0 spiro atoms. The van der Waals surface area contributed by atoms with Gasteiger partial charge in [-0.25, -0.2) is 15.0 Å². The molecule has 0 aromatic carbocycles. The Kier molecular flexibility index (Phi) is 5.25. The quantitative estimate of drug-likeness (QED) is 0.516. The van der Waals surface area contributed by atoms with Crippen LogP contribution in [0.15, 0.2) is 49.1 Å². The average molecular weight is 392 g/mol. The van der Waals surface area contributed by atoms with Crippen molar-refractivity contribution in [2.45, 2.75) is 0 Å².